The zero-order chi connectivity index (χ0) is 16.8. The molecule has 0 aliphatic heterocycles. The van der Waals surface area contributed by atoms with Crippen molar-refractivity contribution < 1.29 is 19.2 Å². The summed E-state index contributed by atoms with van der Waals surface area (Å²) in [5, 5.41) is 10.7. The summed E-state index contributed by atoms with van der Waals surface area (Å²) in [6.45, 7) is 3.40. The largest absolute Gasteiger partial charge is 0.482 e. The smallest absolute Gasteiger partial charge is 0.349 e. The first-order valence-electron chi connectivity index (χ1n) is 7.17. The number of benzene rings is 2. The third-order valence-corrected chi connectivity index (χ3v) is 3.28. The number of nitro groups is 1. The number of rotatable bonds is 6. The summed E-state index contributed by atoms with van der Waals surface area (Å²) in [5.41, 5.74) is 1.59. The number of carbonyl (C=O) groups is 1. The normalized spacial score (nSPS) is 10.2. The zero-order valence-corrected chi connectivity index (χ0v) is 12.9. The molecule has 0 fully saturated rings. The maximum Gasteiger partial charge on any atom is 0.349 e. The van der Waals surface area contributed by atoms with Crippen LogP contribution >= 0.6 is 0 Å². The van der Waals surface area contributed by atoms with E-state index in [9.17, 15) is 14.9 Å². The monoisotopic (exact) mass is 315 g/mol. The third kappa shape index (κ3) is 4.54. The van der Waals surface area contributed by atoms with Gasteiger partial charge in [0.25, 0.3) is 5.69 Å². The molecule has 6 nitrogen and oxygen atoms in total. The Morgan fingerprint density at radius 3 is 2.35 bits per heavy atom. The van der Waals surface area contributed by atoms with Crippen LogP contribution in [0.1, 0.15) is 18.1 Å². The molecule has 6 heteroatoms. The van der Waals surface area contributed by atoms with Crippen LogP contribution in [0.5, 0.6) is 11.5 Å². The molecule has 0 heterocycles. The van der Waals surface area contributed by atoms with Crippen LogP contribution in [0.3, 0.4) is 0 Å². The van der Waals surface area contributed by atoms with Crippen LogP contribution in [0.25, 0.3) is 0 Å². The van der Waals surface area contributed by atoms with Gasteiger partial charge in [0.1, 0.15) is 11.5 Å². The molecule has 120 valence electrons. The van der Waals surface area contributed by atoms with Gasteiger partial charge < -0.3 is 9.47 Å². The highest BCUT2D eigenvalue weighted by molar-refractivity contribution is 5.74. The average Bonchev–Trinajstić information content (AvgIpc) is 2.53. The number of ether oxygens (including phenoxy) is 2. The summed E-state index contributed by atoms with van der Waals surface area (Å²) < 4.78 is 10.5. The number of esters is 1. The Labute approximate surface area is 133 Å². The van der Waals surface area contributed by atoms with Gasteiger partial charge in [-0.25, -0.2) is 4.79 Å². The van der Waals surface area contributed by atoms with Crippen LogP contribution in [0.4, 0.5) is 5.69 Å². The van der Waals surface area contributed by atoms with E-state index in [1.54, 1.807) is 19.1 Å². The molecule has 0 amide bonds. The molecule has 0 saturated carbocycles. The van der Waals surface area contributed by atoms with Gasteiger partial charge in [-0.15, -0.1) is 0 Å². The SMILES string of the molecule is CCc1ccc(OCC(=O)Oc2ccc([N+](=O)[O-])c(C)c2)cc1. The molecule has 2 aromatic rings. The Hall–Kier alpha value is -2.89. The summed E-state index contributed by atoms with van der Waals surface area (Å²) >= 11 is 0. The third-order valence-electron chi connectivity index (χ3n) is 3.28. The van der Waals surface area contributed by atoms with Crippen LogP contribution in [0, 0.1) is 17.0 Å². The van der Waals surface area contributed by atoms with Crippen LogP contribution < -0.4 is 9.47 Å². The number of carbonyl (C=O) groups excluding carboxylic acids is 1. The standard InChI is InChI=1S/C17H17NO5/c1-3-13-4-6-14(7-5-13)22-11-17(19)23-15-8-9-16(18(20)21)12(2)10-15/h4-10H,3,11H2,1-2H3. The van der Waals surface area contributed by atoms with E-state index < -0.39 is 10.9 Å². The lowest BCUT2D eigenvalue weighted by Gasteiger charge is -2.08. The first-order chi connectivity index (χ1) is 11.0. The van der Waals surface area contributed by atoms with Crippen LogP contribution in [0.2, 0.25) is 0 Å². The number of hydrogen-bond acceptors (Lipinski definition) is 5. The fourth-order valence-corrected chi connectivity index (χ4v) is 2.02. The molecule has 0 unspecified atom stereocenters. The van der Waals surface area contributed by atoms with E-state index in [1.807, 2.05) is 12.1 Å². The molecule has 0 aliphatic carbocycles. The van der Waals surface area contributed by atoms with Crippen molar-refractivity contribution in [2.45, 2.75) is 20.3 Å². The summed E-state index contributed by atoms with van der Waals surface area (Å²) in [6, 6.07) is 11.6. The maximum atomic E-state index is 11.8. The molecule has 0 bridgehead atoms. The quantitative estimate of drug-likeness (QED) is 0.353. The predicted octanol–water partition coefficient (Wildman–Crippen LogP) is 3.45. The second-order valence-corrected chi connectivity index (χ2v) is 4.97. The lowest BCUT2D eigenvalue weighted by atomic mass is 10.2. The van der Waals surface area contributed by atoms with Gasteiger partial charge in [0.05, 0.1) is 4.92 Å². The molecule has 23 heavy (non-hydrogen) atoms. The summed E-state index contributed by atoms with van der Waals surface area (Å²) in [6.07, 6.45) is 0.932. The Morgan fingerprint density at radius 1 is 1.13 bits per heavy atom. The van der Waals surface area contributed by atoms with Gasteiger partial charge in [-0.05, 0) is 43.2 Å². The Morgan fingerprint density at radius 2 is 1.78 bits per heavy atom. The number of nitro benzene ring substituents is 1. The Kier molecular flexibility index (Phi) is 5.30. The van der Waals surface area contributed by atoms with Crippen molar-refractivity contribution in [3.05, 3.63) is 63.7 Å². The molecule has 0 spiro atoms. The fraction of sp³-hybridized carbons (Fsp3) is 0.235. The molecular weight excluding hydrogens is 298 g/mol. The number of aryl methyl sites for hydroxylation is 2. The van der Waals surface area contributed by atoms with Crippen LogP contribution in [-0.4, -0.2) is 17.5 Å². The Bertz CT molecular complexity index is 709. The highest BCUT2D eigenvalue weighted by Gasteiger charge is 2.13. The molecule has 0 atom stereocenters. The maximum absolute atomic E-state index is 11.8. The van der Waals surface area contributed by atoms with E-state index >= 15 is 0 Å². The van der Waals surface area contributed by atoms with Crippen molar-refractivity contribution in [3.63, 3.8) is 0 Å². The highest BCUT2D eigenvalue weighted by Crippen LogP contribution is 2.23. The van der Waals surface area contributed by atoms with Gasteiger partial charge in [-0.2, -0.15) is 0 Å². The minimum atomic E-state index is -0.571. The first-order valence-corrected chi connectivity index (χ1v) is 7.17. The second-order valence-electron chi connectivity index (χ2n) is 4.97. The van der Waals surface area contributed by atoms with Gasteiger partial charge in [-0.1, -0.05) is 19.1 Å². The van der Waals surface area contributed by atoms with Crippen molar-refractivity contribution in [1.29, 1.82) is 0 Å². The van der Waals surface area contributed by atoms with E-state index in [2.05, 4.69) is 6.92 Å². The van der Waals surface area contributed by atoms with E-state index in [-0.39, 0.29) is 18.0 Å². The summed E-state index contributed by atoms with van der Waals surface area (Å²) in [5.74, 6) is 0.264. The molecule has 0 aromatic heterocycles. The molecular formula is C17H17NO5. The van der Waals surface area contributed by atoms with E-state index in [0.29, 0.717) is 11.3 Å². The minimum Gasteiger partial charge on any atom is -0.482 e. The van der Waals surface area contributed by atoms with Crippen molar-refractivity contribution in [2.24, 2.45) is 0 Å². The molecule has 0 aliphatic rings. The number of nitrogens with zero attached hydrogens (tertiary/aromatic N) is 1. The molecule has 2 aromatic carbocycles. The van der Waals surface area contributed by atoms with E-state index in [0.717, 1.165) is 6.42 Å². The van der Waals surface area contributed by atoms with Gasteiger partial charge in [0.2, 0.25) is 0 Å². The van der Waals surface area contributed by atoms with E-state index in [4.69, 9.17) is 9.47 Å². The summed E-state index contributed by atoms with van der Waals surface area (Å²) in [7, 11) is 0. The fourth-order valence-electron chi connectivity index (χ4n) is 2.02. The highest BCUT2D eigenvalue weighted by atomic mass is 16.6. The van der Waals surface area contributed by atoms with E-state index in [1.165, 1.54) is 23.8 Å². The molecule has 2 rings (SSSR count). The Balaban J connectivity index is 1.91. The lowest BCUT2D eigenvalue weighted by Crippen LogP contribution is -2.17. The zero-order valence-electron chi connectivity index (χ0n) is 12.9. The molecule has 0 saturated heterocycles. The van der Waals surface area contributed by atoms with Gasteiger partial charge >= 0.3 is 5.97 Å². The topological polar surface area (TPSA) is 78.7 Å². The predicted molar refractivity (Wildman–Crippen MR) is 84.8 cm³/mol. The van der Waals surface area contributed by atoms with Crippen molar-refractivity contribution in [1.82, 2.24) is 0 Å². The molecule has 0 N–H and O–H groups in total. The minimum absolute atomic E-state index is 0.0166. The van der Waals surface area contributed by atoms with Gasteiger partial charge in [-0.3, -0.25) is 10.1 Å². The van der Waals surface area contributed by atoms with Crippen molar-refractivity contribution in [3.8, 4) is 11.5 Å². The van der Waals surface area contributed by atoms with Gasteiger partial charge in [0, 0.05) is 11.6 Å². The van der Waals surface area contributed by atoms with Gasteiger partial charge in [0.15, 0.2) is 6.61 Å². The molecule has 0 radical (unpaired) electrons. The average molecular weight is 315 g/mol. The first kappa shape index (κ1) is 16.5. The second kappa shape index (κ2) is 7.40. The number of hydrogen-bond donors (Lipinski definition) is 0. The van der Waals surface area contributed by atoms with Crippen LogP contribution in [-0.2, 0) is 11.2 Å². The van der Waals surface area contributed by atoms with Crippen LogP contribution in [0.15, 0.2) is 42.5 Å². The summed E-state index contributed by atoms with van der Waals surface area (Å²) in [4.78, 5) is 22.0. The lowest BCUT2D eigenvalue weighted by molar-refractivity contribution is -0.385. The van der Waals surface area contributed by atoms with Crippen molar-refractivity contribution >= 4 is 11.7 Å². The van der Waals surface area contributed by atoms with Crippen molar-refractivity contribution in [2.75, 3.05) is 6.61 Å².